The van der Waals surface area contributed by atoms with E-state index in [1.54, 1.807) is 6.07 Å². The maximum Gasteiger partial charge on any atom is 0.433 e. The van der Waals surface area contributed by atoms with Gasteiger partial charge in [0.25, 0.3) is 0 Å². The van der Waals surface area contributed by atoms with E-state index in [2.05, 4.69) is 10.3 Å². The molecule has 1 heterocycles. The molecule has 5 nitrogen and oxygen atoms in total. The average molecular weight is 333 g/mol. The third kappa shape index (κ3) is 4.10. The van der Waals surface area contributed by atoms with Crippen LogP contribution in [0.2, 0.25) is 0 Å². The molecule has 0 saturated heterocycles. The van der Waals surface area contributed by atoms with E-state index < -0.39 is 27.1 Å². The number of hydrogen-bond donors (Lipinski definition) is 1. The van der Waals surface area contributed by atoms with Gasteiger partial charge in [0.05, 0.1) is 11.3 Å². The van der Waals surface area contributed by atoms with Crippen LogP contribution in [0.3, 0.4) is 0 Å². The number of pyridine rings is 1. The van der Waals surface area contributed by atoms with Crippen molar-refractivity contribution in [1.82, 2.24) is 4.98 Å². The first-order chi connectivity index (χ1) is 10.0. The zero-order valence-electron chi connectivity index (χ0n) is 11.7. The van der Waals surface area contributed by atoms with E-state index in [0.717, 1.165) is 18.4 Å². The molecule has 1 N–H and O–H groups in total. The van der Waals surface area contributed by atoms with Crippen molar-refractivity contribution in [2.24, 2.45) is 5.41 Å². The second-order valence-electron chi connectivity index (χ2n) is 5.63. The molecule has 9 heteroatoms. The van der Waals surface area contributed by atoms with Crippen LogP contribution in [0.5, 0.6) is 0 Å². The largest absolute Gasteiger partial charge is 0.433 e. The molecule has 1 aromatic heterocycles. The molecule has 0 spiro atoms. The lowest BCUT2D eigenvalue weighted by atomic mass is 10.1. The van der Waals surface area contributed by atoms with E-state index in [-0.39, 0.29) is 23.7 Å². The summed E-state index contributed by atoms with van der Waals surface area (Å²) in [5.74, 6) is -0.203. The van der Waals surface area contributed by atoms with Crippen LogP contribution in [0.15, 0.2) is 12.1 Å². The summed E-state index contributed by atoms with van der Waals surface area (Å²) in [6.45, 7) is 0.170. The molecule has 2 rings (SSSR count). The van der Waals surface area contributed by atoms with E-state index in [0.29, 0.717) is 12.8 Å². The average Bonchev–Trinajstić information content (AvgIpc) is 3.12. The molecule has 0 radical (unpaired) electrons. The van der Waals surface area contributed by atoms with Crippen molar-refractivity contribution in [2.45, 2.75) is 19.0 Å². The van der Waals surface area contributed by atoms with E-state index in [4.69, 9.17) is 5.26 Å². The molecule has 0 aliphatic heterocycles. The summed E-state index contributed by atoms with van der Waals surface area (Å²) in [5.41, 5.74) is -1.58. The fourth-order valence-corrected chi connectivity index (χ4v) is 3.72. The summed E-state index contributed by atoms with van der Waals surface area (Å²) in [7, 11) is -3.18. The van der Waals surface area contributed by atoms with Crippen LogP contribution in [-0.4, -0.2) is 32.0 Å². The number of rotatable bonds is 5. The molecule has 1 aliphatic carbocycles. The quantitative estimate of drug-likeness (QED) is 0.893. The summed E-state index contributed by atoms with van der Waals surface area (Å²) < 4.78 is 60.7. The lowest BCUT2D eigenvalue weighted by Gasteiger charge is -2.16. The molecule has 0 bridgehead atoms. The van der Waals surface area contributed by atoms with Crippen molar-refractivity contribution in [1.29, 1.82) is 5.26 Å². The maximum atomic E-state index is 12.7. The van der Waals surface area contributed by atoms with Gasteiger partial charge in [-0.2, -0.15) is 18.4 Å². The number of sulfone groups is 1. The number of nitrogens with one attached hydrogen (secondary N) is 1. The number of nitriles is 1. The highest BCUT2D eigenvalue weighted by Crippen LogP contribution is 2.46. The monoisotopic (exact) mass is 333 g/mol. The van der Waals surface area contributed by atoms with Crippen LogP contribution in [0, 0.1) is 16.7 Å². The van der Waals surface area contributed by atoms with Gasteiger partial charge in [-0.3, -0.25) is 0 Å². The molecule has 0 unspecified atom stereocenters. The van der Waals surface area contributed by atoms with Gasteiger partial charge in [-0.15, -0.1) is 0 Å². The Labute approximate surface area is 126 Å². The van der Waals surface area contributed by atoms with Crippen molar-refractivity contribution >= 4 is 15.7 Å². The number of anilines is 1. The molecular weight excluding hydrogens is 319 g/mol. The molecular formula is C13H14F3N3O2S. The Hall–Kier alpha value is -1.82. The summed E-state index contributed by atoms with van der Waals surface area (Å²) in [6.07, 6.45) is -2.13. The minimum absolute atomic E-state index is 0.0110. The van der Waals surface area contributed by atoms with Gasteiger partial charge in [-0.25, -0.2) is 13.4 Å². The van der Waals surface area contributed by atoms with Gasteiger partial charge in [-0.1, -0.05) is 0 Å². The molecule has 0 amide bonds. The van der Waals surface area contributed by atoms with Gasteiger partial charge >= 0.3 is 6.18 Å². The van der Waals surface area contributed by atoms with Crippen molar-refractivity contribution in [2.75, 3.05) is 23.9 Å². The molecule has 120 valence electrons. The standard InChI is InChI=1S/C13H14F3N3O2S/c1-22(20,21)8-12(4-5-12)7-18-11-9(6-17)2-3-10(19-11)13(14,15)16/h2-3H,4-5,7-8H2,1H3,(H,18,19). The number of aromatic nitrogens is 1. The first kappa shape index (κ1) is 16.5. The first-order valence-corrected chi connectivity index (χ1v) is 8.51. The minimum atomic E-state index is -4.60. The third-order valence-corrected chi connectivity index (χ3v) is 4.60. The molecule has 1 fully saturated rings. The van der Waals surface area contributed by atoms with Gasteiger partial charge in [-0.05, 0) is 25.0 Å². The summed E-state index contributed by atoms with van der Waals surface area (Å²) in [5, 5.41) is 11.6. The lowest BCUT2D eigenvalue weighted by Crippen LogP contribution is -2.25. The number of hydrogen-bond acceptors (Lipinski definition) is 5. The van der Waals surface area contributed by atoms with Gasteiger partial charge in [0, 0.05) is 18.2 Å². The van der Waals surface area contributed by atoms with Crippen LogP contribution < -0.4 is 5.32 Å². The third-order valence-electron chi connectivity index (χ3n) is 3.46. The zero-order valence-corrected chi connectivity index (χ0v) is 12.6. The van der Waals surface area contributed by atoms with Gasteiger partial charge < -0.3 is 5.32 Å². The van der Waals surface area contributed by atoms with Crippen LogP contribution in [0.25, 0.3) is 0 Å². The van der Waals surface area contributed by atoms with Crippen molar-refractivity contribution in [3.63, 3.8) is 0 Å². The predicted octanol–water partition coefficient (Wildman–Crippen LogP) is 2.21. The van der Waals surface area contributed by atoms with E-state index in [1.807, 2.05) is 0 Å². The van der Waals surface area contributed by atoms with Gasteiger partial charge in [0.1, 0.15) is 27.4 Å². The Morgan fingerprint density at radius 3 is 2.50 bits per heavy atom. The second-order valence-corrected chi connectivity index (χ2v) is 7.77. The van der Waals surface area contributed by atoms with Crippen LogP contribution in [-0.2, 0) is 16.0 Å². The number of halogens is 3. The Morgan fingerprint density at radius 2 is 2.05 bits per heavy atom. The Morgan fingerprint density at radius 1 is 1.41 bits per heavy atom. The van der Waals surface area contributed by atoms with Crippen molar-refractivity contribution in [3.05, 3.63) is 23.4 Å². The minimum Gasteiger partial charge on any atom is -0.368 e. The van der Waals surface area contributed by atoms with Crippen molar-refractivity contribution < 1.29 is 21.6 Å². The van der Waals surface area contributed by atoms with Gasteiger partial charge in [0.15, 0.2) is 0 Å². The zero-order chi connectivity index (χ0) is 16.6. The van der Waals surface area contributed by atoms with E-state index in [1.165, 1.54) is 0 Å². The molecule has 1 aromatic rings. The Kier molecular flexibility index (Phi) is 4.08. The topological polar surface area (TPSA) is 82.8 Å². The smallest absolute Gasteiger partial charge is 0.368 e. The Bertz CT molecular complexity index is 719. The molecule has 1 saturated carbocycles. The van der Waals surface area contributed by atoms with Crippen LogP contribution >= 0.6 is 0 Å². The van der Waals surface area contributed by atoms with Crippen molar-refractivity contribution in [3.8, 4) is 6.07 Å². The molecule has 1 aliphatic rings. The number of nitrogens with zero attached hydrogens (tertiary/aromatic N) is 2. The normalized spacial score (nSPS) is 16.9. The summed E-state index contributed by atoms with van der Waals surface area (Å²) >= 11 is 0. The SMILES string of the molecule is CS(=O)(=O)CC1(CNc2nc(C(F)(F)F)ccc2C#N)CC1. The van der Waals surface area contributed by atoms with E-state index in [9.17, 15) is 21.6 Å². The fraction of sp³-hybridized carbons (Fsp3) is 0.538. The second kappa shape index (κ2) is 5.43. The predicted molar refractivity (Wildman–Crippen MR) is 73.8 cm³/mol. The Balaban J connectivity index is 2.17. The summed E-state index contributed by atoms with van der Waals surface area (Å²) in [6, 6.07) is 3.56. The van der Waals surface area contributed by atoms with Gasteiger partial charge in [0.2, 0.25) is 0 Å². The summed E-state index contributed by atoms with van der Waals surface area (Å²) in [4.78, 5) is 3.43. The fourth-order valence-electron chi connectivity index (χ4n) is 2.22. The molecule has 22 heavy (non-hydrogen) atoms. The highest BCUT2D eigenvalue weighted by molar-refractivity contribution is 7.90. The van der Waals surface area contributed by atoms with E-state index >= 15 is 0 Å². The van der Waals surface area contributed by atoms with Crippen LogP contribution in [0.4, 0.5) is 19.0 Å². The highest BCUT2D eigenvalue weighted by atomic mass is 32.2. The molecule has 0 aromatic carbocycles. The maximum absolute atomic E-state index is 12.7. The first-order valence-electron chi connectivity index (χ1n) is 6.45. The number of alkyl halides is 3. The van der Waals surface area contributed by atoms with Crippen LogP contribution in [0.1, 0.15) is 24.1 Å². The molecule has 0 atom stereocenters. The lowest BCUT2D eigenvalue weighted by molar-refractivity contribution is -0.141. The highest BCUT2D eigenvalue weighted by Gasteiger charge is 2.45.